The summed E-state index contributed by atoms with van der Waals surface area (Å²) in [6, 6.07) is 14.6. The van der Waals surface area contributed by atoms with Gasteiger partial charge in [0.1, 0.15) is 5.75 Å². The van der Waals surface area contributed by atoms with Crippen LogP contribution in [0, 0.1) is 0 Å². The van der Waals surface area contributed by atoms with Crippen molar-refractivity contribution in [1.82, 2.24) is 0 Å². The van der Waals surface area contributed by atoms with Crippen molar-refractivity contribution in [2.24, 2.45) is 0 Å². The van der Waals surface area contributed by atoms with E-state index in [2.05, 4.69) is 30.9 Å². The van der Waals surface area contributed by atoms with Crippen LogP contribution in [0.2, 0.25) is 0 Å². The predicted molar refractivity (Wildman–Crippen MR) is 91.5 cm³/mol. The standard InChI is InChI=1S/C19H21NO2/c1-3-20(4-2)16-12-9-15(10-13-16)11-14-19(22)17-7-5-6-8-18(17)21/h5-14,21H,3-4H2,1-2H3/b14-11+. The molecule has 0 fully saturated rings. The van der Waals surface area contributed by atoms with E-state index in [-0.39, 0.29) is 11.5 Å². The summed E-state index contributed by atoms with van der Waals surface area (Å²) < 4.78 is 0. The lowest BCUT2D eigenvalue weighted by Gasteiger charge is -2.20. The van der Waals surface area contributed by atoms with Gasteiger partial charge in [0.05, 0.1) is 5.56 Å². The number of para-hydroxylation sites is 1. The monoisotopic (exact) mass is 295 g/mol. The predicted octanol–water partition coefficient (Wildman–Crippen LogP) is 4.13. The van der Waals surface area contributed by atoms with Crippen LogP contribution in [0.5, 0.6) is 5.75 Å². The van der Waals surface area contributed by atoms with E-state index < -0.39 is 0 Å². The Morgan fingerprint density at radius 3 is 2.27 bits per heavy atom. The molecular weight excluding hydrogens is 274 g/mol. The number of carbonyl (C=O) groups excluding carboxylic acids is 1. The number of carbonyl (C=O) groups is 1. The third kappa shape index (κ3) is 3.76. The number of allylic oxidation sites excluding steroid dienone is 1. The van der Waals surface area contributed by atoms with Gasteiger partial charge in [0, 0.05) is 18.8 Å². The second kappa shape index (κ2) is 7.46. The number of phenolic OH excluding ortho intramolecular Hbond substituents is 1. The summed E-state index contributed by atoms with van der Waals surface area (Å²) in [6.07, 6.45) is 3.25. The molecule has 2 rings (SSSR count). The molecule has 0 heterocycles. The molecule has 0 amide bonds. The fraction of sp³-hybridized carbons (Fsp3) is 0.211. The molecule has 0 unspecified atom stereocenters. The maximum absolute atomic E-state index is 12.1. The summed E-state index contributed by atoms with van der Waals surface area (Å²) in [7, 11) is 0. The van der Waals surface area contributed by atoms with E-state index in [0.717, 1.165) is 18.7 Å². The normalized spacial score (nSPS) is 10.8. The zero-order valence-electron chi connectivity index (χ0n) is 13.0. The number of rotatable bonds is 6. The van der Waals surface area contributed by atoms with Gasteiger partial charge in [-0.05, 0) is 49.8 Å². The quantitative estimate of drug-likeness (QED) is 0.643. The van der Waals surface area contributed by atoms with Gasteiger partial charge in [0.25, 0.3) is 0 Å². The number of hydrogen-bond acceptors (Lipinski definition) is 3. The zero-order chi connectivity index (χ0) is 15.9. The van der Waals surface area contributed by atoms with E-state index in [1.165, 1.54) is 17.8 Å². The van der Waals surface area contributed by atoms with Crippen LogP contribution >= 0.6 is 0 Å². The summed E-state index contributed by atoms with van der Waals surface area (Å²) >= 11 is 0. The van der Waals surface area contributed by atoms with Gasteiger partial charge in [-0.15, -0.1) is 0 Å². The topological polar surface area (TPSA) is 40.5 Å². The van der Waals surface area contributed by atoms with Crippen LogP contribution in [0.1, 0.15) is 29.8 Å². The van der Waals surface area contributed by atoms with Crippen molar-refractivity contribution in [1.29, 1.82) is 0 Å². The summed E-state index contributed by atoms with van der Waals surface area (Å²) in [5, 5.41) is 9.67. The zero-order valence-corrected chi connectivity index (χ0v) is 13.0. The third-order valence-electron chi connectivity index (χ3n) is 3.62. The van der Waals surface area contributed by atoms with Gasteiger partial charge in [-0.1, -0.05) is 30.3 Å². The van der Waals surface area contributed by atoms with E-state index in [1.54, 1.807) is 24.3 Å². The molecule has 3 nitrogen and oxygen atoms in total. The van der Waals surface area contributed by atoms with Gasteiger partial charge in [0.2, 0.25) is 0 Å². The lowest BCUT2D eigenvalue weighted by Crippen LogP contribution is -2.21. The molecule has 0 atom stereocenters. The summed E-state index contributed by atoms with van der Waals surface area (Å²) in [5.74, 6) is -0.194. The number of benzene rings is 2. The largest absolute Gasteiger partial charge is 0.507 e. The molecular formula is C19H21NO2. The molecule has 0 aliphatic heterocycles. The van der Waals surface area contributed by atoms with Crippen LogP contribution in [-0.2, 0) is 0 Å². The molecule has 2 aromatic carbocycles. The first-order valence-corrected chi connectivity index (χ1v) is 7.51. The van der Waals surface area contributed by atoms with Crippen molar-refractivity contribution in [2.75, 3.05) is 18.0 Å². The second-order valence-electron chi connectivity index (χ2n) is 4.98. The molecule has 22 heavy (non-hydrogen) atoms. The highest BCUT2D eigenvalue weighted by Crippen LogP contribution is 2.18. The molecule has 0 bridgehead atoms. The van der Waals surface area contributed by atoms with Crippen molar-refractivity contribution >= 4 is 17.5 Å². The fourth-order valence-corrected chi connectivity index (χ4v) is 2.33. The molecule has 114 valence electrons. The average Bonchev–Trinajstić information content (AvgIpc) is 2.55. The Morgan fingerprint density at radius 1 is 1.05 bits per heavy atom. The number of nitrogens with zero attached hydrogens (tertiary/aromatic N) is 1. The Balaban J connectivity index is 2.10. The number of phenols is 1. The van der Waals surface area contributed by atoms with Crippen LogP contribution in [0.4, 0.5) is 5.69 Å². The first kappa shape index (κ1) is 15.8. The van der Waals surface area contributed by atoms with E-state index >= 15 is 0 Å². The smallest absolute Gasteiger partial charge is 0.189 e. The molecule has 0 spiro atoms. The van der Waals surface area contributed by atoms with Crippen molar-refractivity contribution in [3.63, 3.8) is 0 Å². The van der Waals surface area contributed by atoms with Gasteiger partial charge < -0.3 is 10.0 Å². The highest BCUT2D eigenvalue weighted by atomic mass is 16.3. The van der Waals surface area contributed by atoms with Crippen LogP contribution in [0.25, 0.3) is 6.08 Å². The van der Waals surface area contributed by atoms with Crippen LogP contribution < -0.4 is 4.90 Å². The van der Waals surface area contributed by atoms with Gasteiger partial charge in [0.15, 0.2) is 5.78 Å². The van der Waals surface area contributed by atoms with Crippen molar-refractivity contribution in [3.8, 4) is 5.75 Å². The first-order valence-electron chi connectivity index (χ1n) is 7.51. The van der Waals surface area contributed by atoms with E-state index in [4.69, 9.17) is 0 Å². The lowest BCUT2D eigenvalue weighted by molar-refractivity contribution is 0.104. The van der Waals surface area contributed by atoms with Gasteiger partial charge >= 0.3 is 0 Å². The number of anilines is 1. The SMILES string of the molecule is CCN(CC)c1ccc(/C=C/C(=O)c2ccccc2O)cc1. The number of ketones is 1. The van der Waals surface area contributed by atoms with Crippen LogP contribution in [0.15, 0.2) is 54.6 Å². The van der Waals surface area contributed by atoms with E-state index in [0.29, 0.717) is 5.56 Å². The lowest BCUT2D eigenvalue weighted by atomic mass is 10.1. The minimum atomic E-state index is -0.203. The summed E-state index contributed by atoms with van der Waals surface area (Å²) in [5.41, 5.74) is 2.45. The first-order chi connectivity index (χ1) is 10.7. The molecule has 0 radical (unpaired) electrons. The molecule has 2 aromatic rings. The Morgan fingerprint density at radius 2 is 1.68 bits per heavy atom. The van der Waals surface area contributed by atoms with Crippen LogP contribution in [-0.4, -0.2) is 24.0 Å². The second-order valence-corrected chi connectivity index (χ2v) is 4.98. The molecule has 0 aliphatic carbocycles. The van der Waals surface area contributed by atoms with Gasteiger partial charge in [-0.25, -0.2) is 0 Å². The maximum atomic E-state index is 12.1. The van der Waals surface area contributed by atoms with E-state index in [1.807, 2.05) is 12.1 Å². The maximum Gasteiger partial charge on any atom is 0.189 e. The Hall–Kier alpha value is -2.55. The van der Waals surface area contributed by atoms with Gasteiger partial charge in [-0.2, -0.15) is 0 Å². The Bertz CT molecular complexity index is 655. The molecule has 1 N–H and O–H groups in total. The summed E-state index contributed by atoms with van der Waals surface area (Å²) in [4.78, 5) is 14.3. The molecule has 0 aliphatic rings. The fourth-order valence-electron chi connectivity index (χ4n) is 2.33. The van der Waals surface area contributed by atoms with Crippen molar-refractivity contribution in [2.45, 2.75) is 13.8 Å². The minimum absolute atomic E-state index is 0.00836. The van der Waals surface area contributed by atoms with Crippen molar-refractivity contribution < 1.29 is 9.90 Å². The average molecular weight is 295 g/mol. The van der Waals surface area contributed by atoms with Crippen LogP contribution in [0.3, 0.4) is 0 Å². The third-order valence-corrected chi connectivity index (χ3v) is 3.62. The van der Waals surface area contributed by atoms with Gasteiger partial charge in [-0.3, -0.25) is 4.79 Å². The highest BCUT2D eigenvalue weighted by Gasteiger charge is 2.06. The summed E-state index contributed by atoms with van der Waals surface area (Å²) in [6.45, 7) is 6.19. The van der Waals surface area contributed by atoms with Crippen molar-refractivity contribution in [3.05, 3.63) is 65.7 Å². The molecule has 0 aromatic heterocycles. The Labute approximate surface area is 131 Å². The number of hydrogen-bond donors (Lipinski definition) is 1. The molecule has 0 saturated carbocycles. The number of aromatic hydroxyl groups is 1. The molecule has 3 heteroatoms. The highest BCUT2D eigenvalue weighted by molar-refractivity contribution is 6.08. The Kier molecular flexibility index (Phi) is 5.37. The molecule has 0 saturated heterocycles. The minimum Gasteiger partial charge on any atom is -0.507 e. The van der Waals surface area contributed by atoms with E-state index in [9.17, 15) is 9.90 Å².